The number of hydrogen-bond acceptors (Lipinski definition) is 10. The average molecular weight is 675 g/mol. The molecule has 262 valence electrons. The van der Waals surface area contributed by atoms with Crippen molar-refractivity contribution in [1.82, 2.24) is 31.5 Å². The fourth-order valence-electron chi connectivity index (χ4n) is 6.23. The molecule has 3 amide bonds. The molecule has 6 N–H and O–H groups in total. The van der Waals surface area contributed by atoms with E-state index in [2.05, 4.69) is 30.7 Å². The Kier molecular flexibility index (Phi) is 15.2. The molecule has 2 aromatic rings. The van der Waals surface area contributed by atoms with Crippen LogP contribution < -0.4 is 21.6 Å². The summed E-state index contributed by atoms with van der Waals surface area (Å²) in [6.07, 6.45) is 5.04. The van der Waals surface area contributed by atoms with Crippen LogP contribution in [0.3, 0.4) is 0 Å². The first-order chi connectivity index (χ1) is 22.3. The molecule has 4 rings (SSSR count). The van der Waals surface area contributed by atoms with Gasteiger partial charge in [-0.15, -0.1) is 11.3 Å². The third-order valence-electron chi connectivity index (χ3n) is 8.38. The van der Waals surface area contributed by atoms with Crippen molar-refractivity contribution in [3.05, 3.63) is 52.0 Å². The third kappa shape index (κ3) is 13.2. The van der Waals surface area contributed by atoms with Gasteiger partial charge >= 0.3 is 0 Å². The summed E-state index contributed by atoms with van der Waals surface area (Å²) in [7, 11) is 0. The van der Waals surface area contributed by atoms with E-state index in [1.807, 2.05) is 71.9 Å². The van der Waals surface area contributed by atoms with Gasteiger partial charge in [0, 0.05) is 24.0 Å². The maximum Gasteiger partial charge on any atom is 0.271 e. The Morgan fingerprint density at radius 3 is 2.36 bits per heavy atom. The molecular formula is C34H54N6O6S. The second-order valence-electron chi connectivity index (χ2n) is 13.9. The number of aromatic nitrogens is 1. The van der Waals surface area contributed by atoms with Crippen LogP contribution in [0.25, 0.3) is 0 Å². The van der Waals surface area contributed by atoms with Crippen LogP contribution in [0.5, 0.6) is 0 Å². The number of piperidine rings is 1. The molecule has 1 saturated heterocycles. The lowest BCUT2D eigenvalue weighted by atomic mass is 9.72. The molecule has 2 fully saturated rings. The quantitative estimate of drug-likeness (QED) is 0.185. The normalized spacial score (nSPS) is 21.1. The van der Waals surface area contributed by atoms with Crippen LogP contribution in [0.15, 0.2) is 35.7 Å². The van der Waals surface area contributed by atoms with Gasteiger partial charge in [0.2, 0.25) is 11.8 Å². The van der Waals surface area contributed by atoms with Crippen LogP contribution in [0.2, 0.25) is 0 Å². The monoisotopic (exact) mass is 674 g/mol. The van der Waals surface area contributed by atoms with Crippen LogP contribution in [-0.2, 0) is 20.8 Å². The summed E-state index contributed by atoms with van der Waals surface area (Å²) in [5.74, 6) is 0.238. The molecule has 1 aliphatic carbocycles. The Balaban J connectivity index is 0.000000913. The summed E-state index contributed by atoms with van der Waals surface area (Å²) in [4.78, 5) is 49.5. The van der Waals surface area contributed by atoms with Crippen LogP contribution in [0.1, 0.15) is 87.8 Å². The lowest BCUT2D eigenvalue weighted by Crippen LogP contribution is -2.60. The van der Waals surface area contributed by atoms with Crippen molar-refractivity contribution in [2.45, 2.75) is 110 Å². The van der Waals surface area contributed by atoms with E-state index in [1.165, 1.54) is 24.2 Å². The summed E-state index contributed by atoms with van der Waals surface area (Å²) in [5, 5.41) is 30.5. The lowest BCUT2D eigenvalue weighted by Gasteiger charge is -2.47. The largest absolute Gasteiger partial charge is 0.390 e. The molecule has 47 heavy (non-hydrogen) atoms. The number of β-amino-alcohol motifs (C(OH)–C–C–N with tert-alkyl or cyclic N) is 1. The number of carbonyl (C=O) groups is 3. The summed E-state index contributed by atoms with van der Waals surface area (Å²) >= 11 is 1.37. The topological polar surface area (TPSA) is 165 Å². The number of nitrogens with one attached hydrogen (secondary N) is 4. The Morgan fingerprint density at radius 2 is 1.79 bits per heavy atom. The van der Waals surface area contributed by atoms with E-state index in [9.17, 15) is 19.5 Å². The molecule has 5 atom stereocenters. The van der Waals surface area contributed by atoms with Crippen LogP contribution in [0, 0.1) is 18.8 Å². The molecule has 12 nitrogen and oxygen atoms in total. The maximum absolute atomic E-state index is 13.4. The number of thiazole rings is 1. The lowest BCUT2D eigenvalue weighted by molar-refractivity contribution is -0.152. The van der Waals surface area contributed by atoms with Gasteiger partial charge in [0.25, 0.3) is 5.91 Å². The van der Waals surface area contributed by atoms with E-state index in [0.717, 1.165) is 36.4 Å². The number of benzene rings is 1. The molecule has 13 heteroatoms. The van der Waals surface area contributed by atoms with Gasteiger partial charge in [-0.05, 0) is 78.2 Å². The number of fused-ring (bicyclic) bond motifs is 1. The van der Waals surface area contributed by atoms with Crippen molar-refractivity contribution in [3.63, 3.8) is 0 Å². The predicted molar refractivity (Wildman–Crippen MR) is 182 cm³/mol. The minimum atomic E-state index is -0.916. The zero-order valence-corrected chi connectivity index (χ0v) is 29.4. The van der Waals surface area contributed by atoms with Crippen molar-refractivity contribution in [2.75, 3.05) is 19.6 Å². The fourth-order valence-corrected chi connectivity index (χ4v) is 6.82. The Morgan fingerprint density at radius 1 is 1.11 bits per heavy atom. The van der Waals surface area contributed by atoms with Crippen LogP contribution in [-0.4, -0.2) is 87.4 Å². The third-order valence-corrected chi connectivity index (χ3v) is 9.16. The molecular weight excluding hydrogens is 620 g/mol. The number of rotatable bonds is 12. The van der Waals surface area contributed by atoms with Crippen LogP contribution >= 0.6 is 11.3 Å². The molecule has 0 radical (unpaired) electrons. The molecule has 2 heterocycles. The van der Waals surface area contributed by atoms with Gasteiger partial charge in [-0.1, -0.05) is 55.2 Å². The first-order valence-corrected chi connectivity index (χ1v) is 17.5. The van der Waals surface area contributed by atoms with Crippen molar-refractivity contribution in [1.29, 1.82) is 0 Å². The zero-order valence-electron chi connectivity index (χ0n) is 28.6. The van der Waals surface area contributed by atoms with Gasteiger partial charge in [-0.2, -0.15) is 0 Å². The SMILES string of the molecule is CC(C)ONO.Cc1nc(C(=O)NCC(=O)NC(Cc2ccccc2)C(O)CN2CC3CCCCC3CC2C(=O)NC(C)(C)C)cs1. The molecule has 0 spiro atoms. The average Bonchev–Trinajstić information content (AvgIpc) is 3.45. The smallest absolute Gasteiger partial charge is 0.271 e. The Hall–Kier alpha value is -2.94. The number of aliphatic hydroxyl groups excluding tert-OH is 1. The van der Waals surface area contributed by atoms with E-state index in [0.29, 0.717) is 18.3 Å². The van der Waals surface area contributed by atoms with E-state index < -0.39 is 24.0 Å². The summed E-state index contributed by atoms with van der Waals surface area (Å²) < 4.78 is 0. The number of nitrogens with zero attached hydrogens (tertiary/aromatic N) is 2. The Labute approximate surface area is 283 Å². The molecule has 1 aliphatic heterocycles. The molecule has 5 unspecified atom stereocenters. The predicted octanol–water partition coefficient (Wildman–Crippen LogP) is 3.37. The second-order valence-corrected chi connectivity index (χ2v) is 14.9. The highest BCUT2D eigenvalue weighted by Gasteiger charge is 2.41. The zero-order chi connectivity index (χ0) is 34.6. The number of aliphatic hydroxyl groups is 1. The first-order valence-electron chi connectivity index (χ1n) is 16.6. The van der Waals surface area contributed by atoms with E-state index in [-0.39, 0.29) is 42.4 Å². The molecule has 2 aliphatic rings. The highest BCUT2D eigenvalue weighted by atomic mass is 32.1. The number of carbonyl (C=O) groups excluding carboxylic acids is 3. The van der Waals surface area contributed by atoms with E-state index >= 15 is 0 Å². The van der Waals surface area contributed by atoms with E-state index in [4.69, 9.17) is 5.21 Å². The maximum atomic E-state index is 13.4. The van der Waals surface area contributed by atoms with Crippen molar-refractivity contribution >= 4 is 29.1 Å². The molecule has 0 bridgehead atoms. The Bertz CT molecular complexity index is 1270. The minimum Gasteiger partial charge on any atom is -0.390 e. The second kappa shape index (κ2) is 18.6. The summed E-state index contributed by atoms with van der Waals surface area (Å²) in [6.45, 7) is 12.2. The van der Waals surface area contributed by atoms with Crippen molar-refractivity contribution < 1.29 is 29.5 Å². The van der Waals surface area contributed by atoms with Gasteiger partial charge in [0.05, 0.1) is 35.8 Å². The summed E-state index contributed by atoms with van der Waals surface area (Å²) in [5.41, 5.74) is 2.48. The minimum absolute atomic E-state index is 0.00245. The number of hydrogen-bond donors (Lipinski definition) is 6. The first kappa shape index (κ1) is 38.5. The van der Waals surface area contributed by atoms with Crippen LogP contribution in [0.4, 0.5) is 0 Å². The van der Waals surface area contributed by atoms with Gasteiger partial charge < -0.3 is 21.1 Å². The number of aryl methyl sites for hydroxylation is 1. The standard InChI is InChI=1S/C31H45N5O4S.C3H9NO2/c1-20-33-25(19-41-20)29(39)32-16-28(38)34-24(14-21-10-6-5-7-11-21)27(37)18-36-17-23-13-9-8-12-22(23)15-26(36)30(40)35-31(2,3)4;1-3(2)6-4-5/h5-7,10-11,19,22-24,26-27,37H,8-9,12-18H2,1-4H3,(H,32,39)(H,34,38)(H,35,40);3-5H,1-2H3. The van der Waals surface area contributed by atoms with Gasteiger partial charge in [0.1, 0.15) is 5.69 Å². The highest BCUT2D eigenvalue weighted by Crippen LogP contribution is 2.39. The summed E-state index contributed by atoms with van der Waals surface area (Å²) in [6, 6.07) is 8.79. The number of likely N-dealkylation sites (tertiary alicyclic amines) is 1. The molecule has 1 aromatic carbocycles. The molecule has 1 aromatic heterocycles. The fraction of sp³-hybridized carbons (Fsp3) is 0.647. The van der Waals surface area contributed by atoms with Gasteiger partial charge in [-0.3, -0.25) is 29.3 Å². The molecule has 1 saturated carbocycles. The highest BCUT2D eigenvalue weighted by molar-refractivity contribution is 7.09. The van der Waals surface area contributed by atoms with Crippen molar-refractivity contribution in [2.24, 2.45) is 11.8 Å². The van der Waals surface area contributed by atoms with Gasteiger partial charge in [0.15, 0.2) is 0 Å². The van der Waals surface area contributed by atoms with Crippen molar-refractivity contribution in [3.8, 4) is 0 Å². The van der Waals surface area contributed by atoms with E-state index in [1.54, 1.807) is 11.0 Å². The van der Waals surface area contributed by atoms with Gasteiger partial charge in [-0.25, -0.2) is 4.98 Å². The number of amides is 3.